The molecule has 0 saturated carbocycles. The minimum atomic E-state index is -0.314. The number of piperazine rings is 1. The molecule has 0 radical (unpaired) electrons. The lowest BCUT2D eigenvalue weighted by atomic mass is 10.1. The van der Waals surface area contributed by atoms with Crippen LogP contribution in [-0.2, 0) is 9.59 Å². The van der Waals surface area contributed by atoms with Gasteiger partial charge in [0, 0.05) is 49.3 Å². The quantitative estimate of drug-likeness (QED) is 0.661. The number of likely N-dealkylation sites (N-methyl/N-ethyl adjacent to an activating group) is 1. The van der Waals surface area contributed by atoms with Crippen molar-refractivity contribution in [3.8, 4) is 11.5 Å². The molecule has 1 aromatic carbocycles. The monoisotopic (exact) mass is 427 g/mol. The maximum Gasteiger partial charge on any atom is 0.282 e. The Bertz CT molecular complexity index is 956. The number of methoxy groups -OCH3 is 2. The second kappa shape index (κ2) is 8.49. The first-order valence-electron chi connectivity index (χ1n) is 9.94. The van der Waals surface area contributed by atoms with Crippen LogP contribution in [0, 0.1) is 0 Å². The number of imide groups is 1. The molecule has 1 aromatic heterocycles. The minimum absolute atomic E-state index is 0.302. The Hall–Kier alpha value is -2.84. The predicted octanol–water partition coefficient (Wildman–Crippen LogP) is 2.69. The van der Waals surface area contributed by atoms with E-state index in [-0.39, 0.29) is 11.8 Å². The SMILES string of the molecule is CCN1CCN(C2=C(c3cccs3)C(=O)N(c3cc(OC)cc(OC)c3)C2=O)CC1. The number of anilines is 1. The van der Waals surface area contributed by atoms with Gasteiger partial charge in [-0.05, 0) is 18.0 Å². The lowest BCUT2D eigenvalue weighted by Crippen LogP contribution is -2.47. The number of nitrogens with zero attached hydrogens (tertiary/aromatic N) is 3. The minimum Gasteiger partial charge on any atom is -0.497 e. The van der Waals surface area contributed by atoms with Crippen molar-refractivity contribution in [2.24, 2.45) is 0 Å². The van der Waals surface area contributed by atoms with E-state index in [0.717, 1.165) is 24.5 Å². The number of thiophene rings is 1. The Morgan fingerprint density at radius 3 is 2.17 bits per heavy atom. The van der Waals surface area contributed by atoms with Gasteiger partial charge in [0.2, 0.25) is 0 Å². The lowest BCUT2D eigenvalue weighted by Gasteiger charge is -2.35. The van der Waals surface area contributed by atoms with Gasteiger partial charge in [-0.25, -0.2) is 4.90 Å². The molecule has 3 heterocycles. The molecule has 4 rings (SSSR count). The lowest BCUT2D eigenvalue weighted by molar-refractivity contribution is -0.120. The van der Waals surface area contributed by atoms with Crippen LogP contribution in [0.5, 0.6) is 11.5 Å². The van der Waals surface area contributed by atoms with Crippen molar-refractivity contribution in [3.05, 3.63) is 46.3 Å². The van der Waals surface area contributed by atoms with E-state index in [0.29, 0.717) is 41.5 Å². The van der Waals surface area contributed by atoms with E-state index in [1.807, 2.05) is 17.5 Å². The topological polar surface area (TPSA) is 62.3 Å². The van der Waals surface area contributed by atoms with Gasteiger partial charge >= 0.3 is 0 Å². The van der Waals surface area contributed by atoms with E-state index in [4.69, 9.17) is 9.47 Å². The molecule has 1 saturated heterocycles. The smallest absolute Gasteiger partial charge is 0.282 e. The van der Waals surface area contributed by atoms with Gasteiger partial charge in [0.1, 0.15) is 17.2 Å². The van der Waals surface area contributed by atoms with Crippen molar-refractivity contribution < 1.29 is 19.1 Å². The Kier molecular flexibility index (Phi) is 5.78. The third-order valence-corrected chi connectivity index (χ3v) is 6.44. The number of ether oxygens (including phenoxy) is 2. The summed E-state index contributed by atoms with van der Waals surface area (Å²) in [5.41, 5.74) is 1.40. The number of benzene rings is 1. The van der Waals surface area contributed by atoms with Gasteiger partial charge in [-0.1, -0.05) is 13.0 Å². The molecule has 0 bridgehead atoms. The molecule has 0 unspecified atom stereocenters. The van der Waals surface area contributed by atoms with Gasteiger partial charge in [-0.2, -0.15) is 0 Å². The van der Waals surface area contributed by atoms with Crippen LogP contribution in [0.25, 0.3) is 5.57 Å². The average molecular weight is 428 g/mol. The number of carbonyl (C=O) groups is 2. The first kappa shape index (κ1) is 20.4. The third-order valence-electron chi connectivity index (χ3n) is 5.56. The Balaban J connectivity index is 1.76. The zero-order valence-electron chi connectivity index (χ0n) is 17.4. The third kappa shape index (κ3) is 3.57. The van der Waals surface area contributed by atoms with Crippen LogP contribution in [-0.4, -0.2) is 68.6 Å². The predicted molar refractivity (Wildman–Crippen MR) is 117 cm³/mol. The molecule has 8 heteroatoms. The molecule has 0 spiro atoms. The molecule has 30 heavy (non-hydrogen) atoms. The first-order chi connectivity index (χ1) is 14.6. The largest absolute Gasteiger partial charge is 0.497 e. The average Bonchev–Trinajstić information content (AvgIpc) is 3.39. The molecule has 2 aliphatic rings. The summed E-state index contributed by atoms with van der Waals surface area (Å²) in [7, 11) is 3.08. The highest BCUT2D eigenvalue weighted by Crippen LogP contribution is 2.39. The molecule has 0 N–H and O–H groups in total. The summed E-state index contributed by atoms with van der Waals surface area (Å²) < 4.78 is 10.7. The molecular weight excluding hydrogens is 402 g/mol. The normalized spacial score (nSPS) is 17.8. The fourth-order valence-corrected chi connectivity index (χ4v) is 4.66. The van der Waals surface area contributed by atoms with Crippen molar-refractivity contribution in [3.63, 3.8) is 0 Å². The van der Waals surface area contributed by atoms with Crippen molar-refractivity contribution in [1.29, 1.82) is 0 Å². The highest BCUT2D eigenvalue weighted by Gasteiger charge is 2.43. The van der Waals surface area contributed by atoms with Crippen molar-refractivity contribution in [2.45, 2.75) is 6.92 Å². The Morgan fingerprint density at radius 1 is 0.967 bits per heavy atom. The second-order valence-electron chi connectivity index (χ2n) is 7.14. The first-order valence-corrected chi connectivity index (χ1v) is 10.8. The summed E-state index contributed by atoms with van der Waals surface area (Å²) in [6.07, 6.45) is 0. The van der Waals surface area contributed by atoms with E-state index in [1.54, 1.807) is 32.4 Å². The zero-order chi connectivity index (χ0) is 21.3. The van der Waals surface area contributed by atoms with E-state index < -0.39 is 0 Å². The maximum atomic E-state index is 13.6. The summed E-state index contributed by atoms with van der Waals surface area (Å²) >= 11 is 1.47. The summed E-state index contributed by atoms with van der Waals surface area (Å²) in [5, 5.41) is 1.92. The van der Waals surface area contributed by atoms with E-state index in [9.17, 15) is 9.59 Å². The second-order valence-corrected chi connectivity index (χ2v) is 8.09. The number of carbonyl (C=O) groups excluding carboxylic acids is 2. The van der Waals surface area contributed by atoms with Crippen LogP contribution in [0.3, 0.4) is 0 Å². The van der Waals surface area contributed by atoms with Crippen molar-refractivity contribution in [1.82, 2.24) is 9.80 Å². The molecule has 0 atom stereocenters. The summed E-state index contributed by atoms with van der Waals surface area (Å²) in [6.45, 7) is 6.28. The molecule has 7 nitrogen and oxygen atoms in total. The van der Waals surface area contributed by atoms with Crippen molar-refractivity contribution >= 4 is 34.4 Å². The molecule has 1 fully saturated rings. The van der Waals surface area contributed by atoms with Crippen LogP contribution in [0.2, 0.25) is 0 Å². The Morgan fingerprint density at radius 2 is 1.63 bits per heavy atom. The van der Waals surface area contributed by atoms with Crippen LogP contribution >= 0.6 is 11.3 Å². The fraction of sp³-hybridized carbons (Fsp3) is 0.364. The van der Waals surface area contributed by atoms with E-state index >= 15 is 0 Å². The molecule has 2 amide bonds. The summed E-state index contributed by atoms with van der Waals surface area (Å²) in [6, 6.07) is 8.87. The summed E-state index contributed by atoms with van der Waals surface area (Å²) in [4.78, 5) is 33.5. The molecule has 0 aliphatic carbocycles. The highest BCUT2D eigenvalue weighted by molar-refractivity contribution is 7.11. The van der Waals surface area contributed by atoms with Crippen LogP contribution in [0.1, 0.15) is 11.8 Å². The van der Waals surface area contributed by atoms with Gasteiger partial charge in [0.25, 0.3) is 11.8 Å². The number of rotatable bonds is 6. The highest BCUT2D eigenvalue weighted by atomic mass is 32.1. The zero-order valence-corrected chi connectivity index (χ0v) is 18.2. The Labute approximate surface area is 180 Å². The number of hydrogen-bond donors (Lipinski definition) is 0. The van der Waals surface area contributed by atoms with Crippen molar-refractivity contribution in [2.75, 3.05) is 51.8 Å². The van der Waals surface area contributed by atoms with Crippen LogP contribution < -0.4 is 14.4 Å². The number of hydrogen-bond acceptors (Lipinski definition) is 7. The molecule has 2 aromatic rings. The molecular formula is C22H25N3O4S. The standard InChI is InChI=1S/C22H25N3O4S/c1-4-23-7-9-24(10-8-23)20-19(18-6-5-11-30-18)21(26)25(22(20)27)15-12-16(28-2)14-17(13-15)29-3/h5-6,11-14H,4,7-10H2,1-3H3. The summed E-state index contributed by atoms with van der Waals surface area (Å²) in [5.74, 6) is 0.426. The van der Waals surface area contributed by atoms with E-state index in [1.165, 1.54) is 16.2 Å². The van der Waals surface area contributed by atoms with Crippen LogP contribution in [0.15, 0.2) is 41.4 Å². The van der Waals surface area contributed by atoms with Gasteiger partial charge in [0.05, 0.1) is 25.5 Å². The maximum absolute atomic E-state index is 13.6. The molecule has 2 aliphatic heterocycles. The van der Waals surface area contributed by atoms with Gasteiger partial charge in [-0.15, -0.1) is 11.3 Å². The fourth-order valence-electron chi connectivity index (χ4n) is 3.90. The van der Waals surface area contributed by atoms with Gasteiger partial charge in [-0.3, -0.25) is 9.59 Å². The van der Waals surface area contributed by atoms with Gasteiger partial charge in [0.15, 0.2) is 0 Å². The van der Waals surface area contributed by atoms with E-state index in [2.05, 4.69) is 16.7 Å². The molecule has 158 valence electrons. The number of amides is 2. The van der Waals surface area contributed by atoms with Crippen LogP contribution in [0.4, 0.5) is 5.69 Å². The van der Waals surface area contributed by atoms with Gasteiger partial charge < -0.3 is 19.3 Å².